The summed E-state index contributed by atoms with van der Waals surface area (Å²) in [6.45, 7) is 10.00. The van der Waals surface area contributed by atoms with Crippen LogP contribution in [-0.2, 0) is 4.79 Å². The average Bonchev–Trinajstić information content (AvgIpc) is 2.93. The van der Waals surface area contributed by atoms with Crippen LogP contribution in [-0.4, -0.2) is 26.2 Å². The number of thioether (sulfide) groups is 1. The minimum Gasteiger partial charge on any atom is -0.350 e. The van der Waals surface area contributed by atoms with E-state index in [1.807, 2.05) is 34.6 Å². The van der Waals surface area contributed by atoms with Crippen molar-refractivity contribution in [3.05, 3.63) is 20.8 Å². The van der Waals surface area contributed by atoms with E-state index in [0.717, 1.165) is 57.7 Å². The van der Waals surface area contributed by atoms with E-state index in [2.05, 4.69) is 5.32 Å². The topological polar surface area (TPSA) is 64.0 Å². The maximum atomic E-state index is 13.3. The number of thiophene rings is 1. The lowest BCUT2D eigenvalue weighted by Gasteiger charge is -2.57. The molecule has 31 heavy (non-hydrogen) atoms. The number of fused-ring (bicyclic) bond motifs is 1. The summed E-state index contributed by atoms with van der Waals surface area (Å²) in [7, 11) is 0. The van der Waals surface area contributed by atoms with E-state index in [4.69, 9.17) is 4.98 Å². The normalized spacial score (nSPS) is 30.3. The molecule has 2 heterocycles. The van der Waals surface area contributed by atoms with Gasteiger partial charge in [0.05, 0.1) is 10.6 Å². The lowest BCUT2D eigenvalue weighted by Crippen LogP contribution is -2.60. The van der Waals surface area contributed by atoms with Crippen LogP contribution in [0, 0.1) is 31.6 Å². The van der Waals surface area contributed by atoms with E-state index in [-0.39, 0.29) is 28.3 Å². The molecule has 4 fully saturated rings. The molecular weight excluding hydrogens is 426 g/mol. The average molecular weight is 460 g/mol. The highest BCUT2D eigenvalue weighted by Crippen LogP contribution is 2.55. The Morgan fingerprint density at radius 1 is 1.13 bits per heavy atom. The van der Waals surface area contributed by atoms with Gasteiger partial charge in [-0.05, 0) is 96.5 Å². The highest BCUT2D eigenvalue weighted by Gasteiger charge is 2.51. The zero-order valence-corrected chi connectivity index (χ0v) is 20.8. The van der Waals surface area contributed by atoms with Crippen molar-refractivity contribution < 1.29 is 4.79 Å². The Morgan fingerprint density at radius 3 is 2.26 bits per heavy atom. The zero-order valence-electron chi connectivity index (χ0n) is 19.2. The summed E-state index contributed by atoms with van der Waals surface area (Å²) < 4.78 is 1.76. The molecule has 0 spiro atoms. The van der Waals surface area contributed by atoms with Crippen molar-refractivity contribution in [1.82, 2.24) is 14.9 Å². The number of aromatic nitrogens is 2. The molecule has 4 aliphatic rings. The third kappa shape index (κ3) is 3.65. The van der Waals surface area contributed by atoms with Gasteiger partial charge >= 0.3 is 0 Å². The van der Waals surface area contributed by atoms with Gasteiger partial charge in [0.25, 0.3) is 5.56 Å². The van der Waals surface area contributed by atoms with Gasteiger partial charge in [-0.2, -0.15) is 0 Å². The van der Waals surface area contributed by atoms with E-state index in [9.17, 15) is 9.59 Å². The molecule has 4 saturated carbocycles. The maximum Gasteiger partial charge on any atom is 0.263 e. The molecule has 0 aliphatic heterocycles. The molecule has 0 saturated heterocycles. The van der Waals surface area contributed by atoms with Crippen molar-refractivity contribution >= 4 is 39.2 Å². The molecule has 2 aromatic rings. The zero-order chi connectivity index (χ0) is 22.1. The second kappa shape index (κ2) is 7.62. The maximum absolute atomic E-state index is 13.3. The Kier molecular flexibility index (Phi) is 5.28. The molecule has 1 amide bonds. The molecule has 4 aliphatic carbocycles. The van der Waals surface area contributed by atoms with Gasteiger partial charge in [-0.15, -0.1) is 11.3 Å². The van der Waals surface area contributed by atoms with Crippen LogP contribution >= 0.6 is 23.1 Å². The molecule has 6 rings (SSSR count). The number of carbonyl (C=O) groups excluding carboxylic acids is 1. The number of carbonyl (C=O) groups is 1. The quantitative estimate of drug-likeness (QED) is 0.492. The van der Waals surface area contributed by atoms with Gasteiger partial charge in [-0.1, -0.05) is 11.8 Å². The van der Waals surface area contributed by atoms with Crippen LogP contribution in [0.3, 0.4) is 0 Å². The molecule has 168 valence electrons. The summed E-state index contributed by atoms with van der Waals surface area (Å²) in [5.41, 5.74) is 1.05. The molecule has 0 radical (unpaired) electrons. The first-order valence-corrected chi connectivity index (χ1v) is 13.4. The summed E-state index contributed by atoms with van der Waals surface area (Å²) in [4.78, 5) is 33.3. The summed E-state index contributed by atoms with van der Waals surface area (Å²) in [6.07, 6.45) is 7.54. The summed E-state index contributed by atoms with van der Waals surface area (Å²) >= 11 is 2.99. The molecule has 4 bridgehead atoms. The van der Waals surface area contributed by atoms with Crippen molar-refractivity contribution in [3.63, 3.8) is 0 Å². The summed E-state index contributed by atoms with van der Waals surface area (Å²) in [5.74, 6) is 2.50. The number of nitrogens with one attached hydrogen (secondary N) is 1. The summed E-state index contributed by atoms with van der Waals surface area (Å²) in [5, 5.41) is 4.58. The smallest absolute Gasteiger partial charge is 0.263 e. The number of aryl methyl sites for hydroxylation is 2. The number of nitrogens with zero attached hydrogens (tertiary/aromatic N) is 2. The number of rotatable bonds is 5. The Labute approximate surface area is 192 Å². The molecular formula is C24H33N3O2S2. The molecule has 1 N–H and O–H groups in total. The standard InChI is InChI=1S/C24H33N3O2S2/c1-12(2)27-22(29)19-13(3)14(4)30-21(19)25-23(27)31-15(5)20(28)26-24-9-16-6-17(10-24)8-18(7-16)11-24/h12,15-18H,6-11H2,1-5H3,(H,26,28). The fraction of sp³-hybridized carbons (Fsp3) is 0.708. The molecule has 1 atom stereocenters. The van der Waals surface area contributed by atoms with Gasteiger partial charge in [0.2, 0.25) is 5.91 Å². The van der Waals surface area contributed by atoms with Crippen molar-refractivity contribution in [1.29, 1.82) is 0 Å². The third-order valence-corrected chi connectivity index (χ3v) is 9.96. The Bertz CT molecular complexity index is 1070. The second-order valence-electron chi connectivity index (χ2n) is 10.6. The van der Waals surface area contributed by atoms with Crippen molar-refractivity contribution in [3.8, 4) is 0 Å². The Morgan fingerprint density at radius 2 is 1.71 bits per heavy atom. The van der Waals surface area contributed by atoms with Crippen LogP contribution in [0.2, 0.25) is 0 Å². The summed E-state index contributed by atoms with van der Waals surface area (Å²) in [6, 6.07) is -0.00933. The van der Waals surface area contributed by atoms with E-state index in [0.29, 0.717) is 5.16 Å². The highest BCUT2D eigenvalue weighted by atomic mass is 32.2. The third-order valence-electron chi connectivity index (χ3n) is 7.80. The molecule has 1 unspecified atom stereocenters. The molecule has 5 nitrogen and oxygen atoms in total. The van der Waals surface area contributed by atoms with Gasteiger partial charge < -0.3 is 5.32 Å². The van der Waals surface area contributed by atoms with Gasteiger partial charge in [0.15, 0.2) is 5.16 Å². The van der Waals surface area contributed by atoms with Gasteiger partial charge in [-0.25, -0.2) is 4.98 Å². The van der Waals surface area contributed by atoms with E-state index in [1.165, 1.54) is 31.0 Å². The minimum absolute atomic E-state index is 0.00933. The number of amides is 1. The first kappa shape index (κ1) is 21.5. The fourth-order valence-electron chi connectivity index (χ4n) is 6.66. The second-order valence-corrected chi connectivity index (χ2v) is 13.1. The van der Waals surface area contributed by atoms with Gasteiger partial charge in [0.1, 0.15) is 4.83 Å². The van der Waals surface area contributed by atoms with Crippen LogP contribution in [0.5, 0.6) is 0 Å². The molecule has 2 aromatic heterocycles. The minimum atomic E-state index is -0.287. The van der Waals surface area contributed by atoms with Gasteiger partial charge in [-0.3, -0.25) is 14.2 Å². The highest BCUT2D eigenvalue weighted by molar-refractivity contribution is 8.00. The van der Waals surface area contributed by atoms with Gasteiger partial charge in [0, 0.05) is 16.5 Å². The van der Waals surface area contributed by atoms with E-state index < -0.39 is 0 Å². The Hall–Kier alpha value is -1.34. The van der Waals surface area contributed by atoms with Crippen LogP contribution in [0.4, 0.5) is 0 Å². The van der Waals surface area contributed by atoms with Crippen LogP contribution < -0.4 is 10.9 Å². The van der Waals surface area contributed by atoms with E-state index in [1.54, 1.807) is 15.9 Å². The molecule has 7 heteroatoms. The van der Waals surface area contributed by atoms with Crippen LogP contribution in [0.25, 0.3) is 10.2 Å². The number of hydrogen-bond donors (Lipinski definition) is 1. The first-order chi connectivity index (χ1) is 14.7. The number of hydrogen-bond acceptors (Lipinski definition) is 5. The lowest BCUT2D eigenvalue weighted by atomic mass is 9.53. The van der Waals surface area contributed by atoms with E-state index >= 15 is 0 Å². The predicted molar refractivity (Wildman–Crippen MR) is 128 cm³/mol. The lowest BCUT2D eigenvalue weighted by molar-refractivity contribution is -0.126. The monoisotopic (exact) mass is 459 g/mol. The van der Waals surface area contributed by atoms with Crippen molar-refractivity contribution in [2.75, 3.05) is 0 Å². The largest absolute Gasteiger partial charge is 0.350 e. The SMILES string of the molecule is Cc1sc2nc(SC(C)C(=O)NC34CC5CC(CC(C5)C3)C4)n(C(C)C)c(=O)c2c1C. The van der Waals surface area contributed by atoms with Crippen molar-refractivity contribution in [2.45, 2.75) is 95.1 Å². The predicted octanol–water partition coefficient (Wildman–Crippen LogP) is 5.22. The van der Waals surface area contributed by atoms with Crippen LogP contribution in [0.1, 0.15) is 75.8 Å². The van der Waals surface area contributed by atoms with Crippen LogP contribution in [0.15, 0.2) is 9.95 Å². The first-order valence-electron chi connectivity index (χ1n) is 11.7. The Balaban J connectivity index is 1.40. The fourth-order valence-corrected chi connectivity index (χ4v) is 8.78. The van der Waals surface area contributed by atoms with Crippen molar-refractivity contribution in [2.24, 2.45) is 17.8 Å². The molecule has 0 aromatic carbocycles.